The Kier molecular flexibility index (Phi) is 4.10. The van der Waals surface area contributed by atoms with Gasteiger partial charge in [-0.1, -0.05) is 22.9 Å². The summed E-state index contributed by atoms with van der Waals surface area (Å²) in [7, 11) is 0. The number of nitro groups is 1. The van der Waals surface area contributed by atoms with Crippen LogP contribution in [0.3, 0.4) is 0 Å². The van der Waals surface area contributed by atoms with Crippen molar-refractivity contribution in [2.45, 2.75) is 5.37 Å². The molecule has 1 aromatic heterocycles. The number of anilines is 1. The Hall–Kier alpha value is -2.16. The predicted molar refractivity (Wildman–Crippen MR) is 100 cm³/mol. The molecule has 9 heteroatoms. The Bertz CT molecular complexity index is 990. The van der Waals surface area contributed by atoms with E-state index in [0.29, 0.717) is 15.9 Å². The van der Waals surface area contributed by atoms with Crippen molar-refractivity contribution in [1.29, 1.82) is 0 Å². The van der Waals surface area contributed by atoms with Gasteiger partial charge < -0.3 is 0 Å². The summed E-state index contributed by atoms with van der Waals surface area (Å²) in [6, 6.07) is 11.7. The van der Waals surface area contributed by atoms with Crippen LogP contribution >= 0.6 is 34.7 Å². The third-order valence-corrected chi connectivity index (χ3v) is 6.27. The van der Waals surface area contributed by atoms with Crippen LogP contribution in [0.4, 0.5) is 10.8 Å². The molecule has 0 bridgehead atoms. The van der Waals surface area contributed by atoms with Crippen molar-refractivity contribution in [3.63, 3.8) is 0 Å². The second-order valence-corrected chi connectivity index (χ2v) is 7.90. The zero-order valence-corrected chi connectivity index (χ0v) is 15.0. The van der Waals surface area contributed by atoms with Gasteiger partial charge in [0, 0.05) is 17.2 Å². The van der Waals surface area contributed by atoms with Crippen molar-refractivity contribution in [3.05, 3.63) is 63.2 Å². The fourth-order valence-electron chi connectivity index (χ4n) is 2.63. The van der Waals surface area contributed by atoms with E-state index in [0.717, 1.165) is 15.8 Å². The van der Waals surface area contributed by atoms with Crippen LogP contribution in [0.15, 0.2) is 42.5 Å². The molecule has 126 valence electrons. The van der Waals surface area contributed by atoms with Gasteiger partial charge in [-0.25, -0.2) is 4.98 Å². The van der Waals surface area contributed by atoms with E-state index in [2.05, 4.69) is 4.98 Å². The van der Waals surface area contributed by atoms with Gasteiger partial charge in [0.25, 0.3) is 5.69 Å². The molecule has 1 unspecified atom stereocenters. The van der Waals surface area contributed by atoms with Crippen LogP contribution in [0.25, 0.3) is 10.2 Å². The molecule has 0 saturated carbocycles. The number of thioether (sulfide) groups is 1. The number of nitro benzene ring substituents is 1. The van der Waals surface area contributed by atoms with Crippen LogP contribution in [0.5, 0.6) is 0 Å². The monoisotopic (exact) mass is 391 g/mol. The molecule has 1 fully saturated rings. The van der Waals surface area contributed by atoms with Crippen LogP contribution in [-0.4, -0.2) is 21.6 Å². The van der Waals surface area contributed by atoms with Crippen LogP contribution in [-0.2, 0) is 4.79 Å². The van der Waals surface area contributed by atoms with Gasteiger partial charge in [-0.3, -0.25) is 19.8 Å². The molecule has 0 radical (unpaired) electrons. The number of thiazole rings is 1. The topological polar surface area (TPSA) is 76.3 Å². The third kappa shape index (κ3) is 2.97. The molecule has 1 aliphatic rings. The van der Waals surface area contributed by atoms with Gasteiger partial charge in [-0.05, 0) is 35.9 Å². The summed E-state index contributed by atoms with van der Waals surface area (Å²) >= 11 is 8.91. The van der Waals surface area contributed by atoms with Gasteiger partial charge in [0.05, 0.1) is 20.9 Å². The van der Waals surface area contributed by atoms with E-state index in [1.54, 1.807) is 23.1 Å². The quantitative estimate of drug-likeness (QED) is 0.480. The molecule has 25 heavy (non-hydrogen) atoms. The number of carbonyl (C=O) groups is 1. The largest absolute Gasteiger partial charge is 0.273 e. The zero-order valence-electron chi connectivity index (χ0n) is 12.6. The second-order valence-electron chi connectivity index (χ2n) is 5.38. The van der Waals surface area contributed by atoms with Crippen LogP contribution in [0, 0.1) is 10.1 Å². The number of carbonyl (C=O) groups excluding carboxylic acids is 1. The van der Waals surface area contributed by atoms with Crippen molar-refractivity contribution < 1.29 is 9.72 Å². The van der Waals surface area contributed by atoms with Crippen LogP contribution in [0.1, 0.15) is 10.9 Å². The second kappa shape index (κ2) is 6.29. The first-order chi connectivity index (χ1) is 12.0. The van der Waals surface area contributed by atoms with Gasteiger partial charge in [0.15, 0.2) is 5.13 Å². The standard InChI is InChI=1S/C16H10ClN3O3S2/c17-10-3-6-12-13(7-10)25-16(18-12)19-14(21)8-24-15(19)9-1-4-11(5-2-9)20(22)23/h1-7,15H,8H2. The molecule has 4 rings (SSSR count). The highest BCUT2D eigenvalue weighted by molar-refractivity contribution is 8.00. The molecule has 2 aromatic carbocycles. The first-order valence-corrected chi connectivity index (χ1v) is 9.51. The minimum Gasteiger partial charge on any atom is -0.273 e. The lowest BCUT2D eigenvalue weighted by atomic mass is 10.2. The highest BCUT2D eigenvalue weighted by Gasteiger charge is 2.36. The van der Waals surface area contributed by atoms with E-state index < -0.39 is 4.92 Å². The number of hydrogen-bond acceptors (Lipinski definition) is 6. The molecule has 0 aliphatic carbocycles. The molecule has 1 amide bonds. The van der Waals surface area contributed by atoms with Gasteiger partial charge in [0.1, 0.15) is 5.37 Å². The van der Waals surface area contributed by atoms with Crippen molar-refractivity contribution in [2.24, 2.45) is 0 Å². The van der Waals surface area contributed by atoms with E-state index in [4.69, 9.17) is 11.6 Å². The van der Waals surface area contributed by atoms with Crippen molar-refractivity contribution in [1.82, 2.24) is 4.98 Å². The SMILES string of the molecule is O=C1CSC(c2ccc([N+](=O)[O-])cc2)N1c1nc2ccc(Cl)cc2s1. The highest BCUT2D eigenvalue weighted by atomic mass is 35.5. The summed E-state index contributed by atoms with van der Waals surface area (Å²) in [6.45, 7) is 0. The molecular formula is C16H10ClN3O3S2. The normalized spacial score (nSPS) is 17.4. The van der Waals surface area contributed by atoms with Gasteiger partial charge in [0.2, 0.25) is 5.91 Å². The number of non-ortho nitro benzene ring substituents is 1. The van der Waals surface area contributed by atoms with Crippen LogP contribution < -0.4 is 4.90 Å². The summed E-state index contributed by atoms with van der Waals surface area (Å²) in [6.07, 6.45) is 0. The molecule has 3 aromatic rings. The molecule has 1 saturated heterocycles. The van der Waals surface area contributed by atoms with E-state index in [-0.39, 0.29) is 17.0 Å². The summed E-state index contributed by atoms with van der Waals surface area (Å²) in [5.41, 5.74) is 1.65. The number of fused-ring (bicyclic) bond motifs is 1. The average Bonchev–Trinajstić information content (AvgIpc) is 3.17. The predicted octanol–water partition coefficient (Wildman–Crippen LogP) is 4.64. The summed E-state index contributed by atoms with van der Waals surface area (Å²) in [5.74, 6) is 0.316. The Morgan fingerprint density at radius 2 is 2.00 bits per heavy atom. The number of benzene rings is 2. The van der Waals surface area contributed by atoms with Gasteiger partial charge >= 0.3 is 0 Å². The summed E-state index contributed by atoms with van der Waals surface area (Å²) in [5, 5.41) is 11.8. The van der Waals surface area contributed by atoms with Crippen molar-refractivity contribution in [2.75, 3.05) is 10.7 Å². The fraction of sp³-hybridized carbons (Fsp3) is 0.125. The average molecular weight is 392 g/mol. The Morgan fingerprint density at radius 3 is 2.72 bits per heavy atom. The molecule has 0 N–H and O–H groups in total. The molecular weight excluding hydrogens is 382 g/mol. The lowest BCUT2D eigenvalue weighted by Gasteiger charge is -2.21. The Balaban J connectivity index is 1.72. The number of hydrogen-bond donors (Lipinski definition) is 0. The maximum Gasteiger partial charge on any atom is 0.269 e. The van der Waals surface area contributed by atoms with Crippen molar-refractivity contribution in [3.8, 4) is 0 Å². The summed E-state index contributed by atoms with van der Waals surface area (Å²) < 4.78 is 0.912. The lowest BCUT2D eigenvalue weighted by Crippen LogP contribution is -2.27. The Morgan fingerprint density at radius 1 is 1.24 bits per heavy atom. The van der Waals surface area contributed by atoms with E-state index in [1.807, 2.05) is 12.1 Å². The number of halogens is 1. The van der Waals surface area contributed by atoms with Crippen LogP contribution in [0.2, 0.25) is 5.02 Å². The number of amides is 1. The maximum atomic E-state index is 12.4. The first-order valence-electron chi connectivity index (χ1n) is 7.27. The van der Waals surface area contributed by atoms with Crippen molar-refractivity contribution >= 4 is 61.6 Å². The number of nitrogens with zero attached hydrogens (tertiary/aromatic N) is 3. The molecule has 6 nitrogen and oxygen atoms in total. The molecule has 0 spiro atoms. The smallest absolute Gasteiger partial charge is 0.269 e. The number of aromatic nitrogens is 1. The van der Waals surface area contributed by atoms with E-state index in [9.17, 15) is 14.9 Å². The molecule has 1 aliphatic heterocycles. The molecule has 2 heterocycles. The minimum atomic E-state index is -0.439. The highest BCUT2D eigenvalue weighted by Crippen LogP contribution is 2.44. The first kappa shape index (κ1) is 16.3. The zero-order chi connectivity index (χ0) is 17.6. The van der Waals surface area contributed by atoms with E-state index in [1.165, 1.54) is 35.2 Å². The minimum absolute atomic E-state index is 0.0271. The molecule has 1 atom stereocenters. The Labute approximate surface area is 155 Å². The lowest BCUT2D eigenvalue weighted by molar-refractivity contribution is -0.384. The summed E-state index contributed by atoms with van der Waals surface area (Å²) in [4.78, 5) is 29.0. The van der Waals surface area contributed by atoms with E-state index >= 15 is 0 Å². The fourth-order valence-corrected chi connectivity index (χ4v) is 5.14. The maximum absolute atomic E-state index is 12.4. The third-order valence-electron chi connectivity index (χ3n) is 3.80. The van der Waals surface area contributed by atoms with Gasteiger partial charge in [-0.2, -0.15) is 0 Å². The number of rotatable bonds is 3. The van der Waals surface area contributed by atoms with Gasteiger partial charge in [-0.15, -0.1) is 11.8 Å².